The van der Waals surface area contributed by atoms with Crippen molar-refractivity contribution in [3.8, 4) is 0 Å². The largest absolute Gasteiger partial charge is 0.408 e. The van der Waals surface area contributed by atoms with Crippen molar-refractivity contribution in [2.75, 3.05) is 0 Å². The highest BCUT2D eigenvalue weighted by Crippen LogP contribution is 2.34. The van der Waals surface area contributed by atoms with Gasteiger partial charge in [-0.05, 0) is 44.9 Å². The molecule has 0 bridgehead atoms. The molecule has 114 valence electrons. The number of hydrogen-bond acceptors (Lipinski definition) is 1. The Labute approximate surface area is 118 Å². The summed E-state index contributed by atoms with van der Waals surface area (Å²) in [5.41, 5.74) is -0.0471. The average molecular weight is 311 g/mol. The van der Waals surface area contributed by atoms with Crippen molar-refractivity contribution in [2.45, 2.75) is 44.7 Å². The molecule has 2 nitrogen and oxygen atoms in total. The second-order valence-electron chi connectivity index (χ2n) is 5.48. The molecular weight excluding hydrogens is 294 g/mol. The van der Waals surface area contributed by atoms with Crippen molar-refractivity contribution in [2.24, 2.45) is 0 Å². The highest BCUT2D eigenvalue weighted by atomic mass is 32.2. The maximum absolute atomic E-state index is 13.1. The van der Waals surface area contributed by atoms with Gasteiger partial charge in [-0.1, -0.05) is 12.1 Å². The molecule has 0 aliphatic rings. The van der Waals surface area contributed by atoms with Crippen LogP contribution >= 0.6 is 0 Å². The number of alkyl halides is 3. The first-order valence-electron chi connectivity index (χ1n) is 5.93. The maximum atomic E-state index is 13.1. The summed E-state index contributed by atoms with van der Waals surface area (Å²) in [6, 6.07) is 1.04. The van der Waals surface area contributed by atoms with E-state index < -0.39 is 33.8 Å². The first-order valence-corrected chi connectivity index (χ1v) is 7.08. The Morgan fingerprint density at radius 2 is 1.75 bits per heavy atom. The van der Waals surface area contributed by atoms with Gasteiger partial charge in [0, 0.05) is 0 Å². The van der Waals surface area contributed by atoms with Gasteiger partial charge in [-0.25, -0.2) is 13.3 Å². The molecule has 1 aromatic rings. The van der Waals surface area contributed by atoms with E-state index >= 15 is 0 Å². The van der Waals surface area contributed by atoms with Crippen molar-refractivity contribution in [1.82, 2.24) is 4.72 Å². The minimum absolute atomic E-state index is 0.111. The summed E-state index contributed by atoms with van der Waals surface area (Å²) in [6.45, 7) is 6.09. The summed E-state index contributed by atoms with van der Waals surface area (Å²) in [7, 11) is -1.89. The van der Waals surface area contributed by atoms with Gasteiger partial charge in [0.05, 0.1) is 15.7 Å². The summed E-state index contributed by atoms with van der Waals surface area (Å²) in [5.74, 6) is -0.577. The van der Waals surface area contributed by atoms with Crippen LogP contribution in [0.2, 0.25) is 0 Å². The Kier molecular flexibility index (Phi) is 4.97. The molecule has 0 fully saturated rings. The zero-order valence-corrected chi connectivity index (χ0v) is 12.5. The Morgan fingerprint density at radius 3 is 2.15 bits per heavy atom. The summed E-state index contributed by atoms with van der Waals surface area (Å²) < 4.78 is 65.6. The van der Waals surface area contributed by atoms with E-state index in [1.54, 1.807) is 20.8 Å². The first kappa shape index (κ1) is 17.1. The van der Waals surface area contributed by atoms with Crippen molar-refractivity contribution in [1.29, 1.82) is 0 Å². The lowest BCUT2D eigenvalue weighted by molar-refractivity contribution is -0.152. The summed E-state index contributed by atoms with van der Waals surface area (Å²) in [4.78, 5) is 0. The van der Waals surface area contributed by atoms with Crippen LogP contribution in [-0.2, 0) is 11.0 Å². The number of aryl methyl sites for hydroxylation is 1. The lowest BCUT2D eigenvalue weighted by atomic mass is 10.0. The van der Waals surface area contributed by atoms with E-state index in [1.807, 2.05) is 0 Å². The molecule has 1 rings (SSSR count). The molecule has 0 aromatic heterocycles. The fourth-order valence-corrected chi connectivity index (χ4v) is 2.29. The third-order valence-electron chi connectivity index (χ3n) is 2.62. The van der Waals surface area contributed by atoms with Crippen molar-refractivity contribution >= 4 is 11.0 Å². The van der Waals surface area contributed by atoms with Gasteiger partial charge in [0.2, 0.25) is 0 Å². The zero-order valence-electron chi connectivity index (χ0n) is 11.6. The highest BCUT2D eigenvalue weighted by molar-refractivity contribution is 7.84. The van der Waals surface area contributed by atoms with Gasteiger partial charge in [0.1, 0.15) is 11.9 Å². The number of hydrogen-bond donors (Lipinski definition) is 1. The smallest absolute Gasteiger partial charge is 0.242 e. The van der Waals surface area contributed by atoms with Crippen LogP contribution in [0.4, 0.5) is 17.6 Å². The van der Waals surface area contributed by atoms with Crippen LogP contribution < -0.4 is 4.72 Å². The lowest BCUT2D eigenvalue weighted by Crippen LogP contribution is -2.41. The minimum Gasteiger partial charge on any atom is -0.242 e. The summed E-state index contributed by atoms with van der Waals surface area (Å²) in [5, 5.41) is 0. The molecule has 20 heavy (non-hydrogen) atoms. The highest BCUT2D eigenvalue weighted by Gasteiger charge is 2.43. The Morgan fingerprint density at radius 1 is 1.20 bits per heavy atom. The van der Waals surface area contributed by atoms with Gasteiger partial charge in [-0.3, -0.25) is 0 Å². The van der Waals surface area contributed by atoms with Gasteiger partial charge in [0.25, 0.3) is 0 Å². The SMILES string of the molecule is Cc1cc(C(NS(=O)C(C)(C)C)C(F)(F)F)ccc1F. The fraction of sp³-hybridized carbons (Fsp3) is 0.538. The number of rotatable bonds is 3. The zero-order chi connectivity index (χ0) is 15.7. The quantitative estimate of drug-likeness (QED) is 0.846. The van der Waals surface area contributed by atoms with E-state index in [9.17, 15) is 21.8 Å². The van der Waals surface area contributed by atoms with E-state index in [-0.39, 0.29) is 11.1 Å². The van der Waals surface area contributed by atoms with Crippen LogP contribution in [0.3, 0.4) is 0 Å². The predicted octanol–water partition coefficient (Wildman–Crippen LogP) is 3.79. The third-order valence-corrected chi connectivity index (χ3v) is 4.19. The second-order valence-corrected chi connectivity index (χ2v) is 7.48. The molecule has 0 saturated carbocycles. The monoisotopic (exact) mass is 311 g/mol. The molecule has 0 spiro atoms. The van der Waals surface area contributed by atoms with Crippen LogP contribution in [0.5, 0.6) is 0 Å². The predicted molar refractivity (Wildman–Crippen MR) is 71.0 cm³/mol. The normalized spacial score (nSPS) is 16.0. The van der Waals surface area contributed by atoms with Crippen LogP contribution in [0.15, 0.2) is 18.2 Å². The third kappa shape index (κ3) is 4.28. The van der Waals surface area contributed by atoms with Crippen LogP contribution in [0, 0.1) is 12.7 Å². The van der Waals surface area contributed by atoms with Crippen LogP contribution in [0.25, 0.3) is 0 Å². The van der Waals surface area contributed by atoms with E-state index in [2.05, 4.69) is 4.72 Å². The first-order chi connectivity index (χ1) is 8.93. The standard InChI is InChI=1S/C13H17F4NOS/c1-8-7-9(5-6-10(8)14)11(13(15,16)17)18-20(19)12(2,3)4/h5-7,11,18H,1-4H3. The number of benzene rings is 1. The molecule has 1 aromatic carbocycles. The van der Waals surface area contributed by atoms with Crippen LogP contribution in [-0.4, -0.2) is 15.1 Å². The van der Waals surface area contributed by atoms with Crippen LogP contribution in [0.1, 0.15) is 37.9 Å². The Balaban J connectivity index is 3.14. The molecule has 0 aliphatic carbocycles. The van der Waals surface area contributed by atoms with E-state index in [1.165, 1.54) is 6.92 Å². The topological polar surface area (TPSA) is 29.1 Å². The van der Waals surface area contributed by atoms with E-state index in [0.29, 0.717) is 0 Å². The number of halogens is 4. The molecule has 0 radical (unpaired) electrons. The molecule has 1 N–H and O–H groups in total. The van der Waals surface area contributed by atoms with Crippen molar-refractivity contribution in [3.05, 3.63) is 35.1 Å². The summed E-state index contributed by atoms with van der Waals surface area (Å²) >= 11 is 0. The minimum atomic E-state index is -4.62. The number of nitrogens with one attached hydrogen (secondary N) is 1. The fourth-order valence-electron chi connectivity index (χ4n) is 1.46. The molecule has 7 heteroatoms. The maximum Gasteiger partial charge on any atom is 0.408 e. The van der Waals surface area contributed by atoms with E-state index in [0.717, 1.165) is 18.2 Å². The van der Waals surface area contributed by atoms with Crippen molar-refractivity contribution in [3.63, 3.8) is 0 Å². The van der Waals surface area contributed by atoms with Gasteiger partial charge in [-0.2, -0.15) is 13.2 Å². The van der Waals surface area contributed by atoms with Crippen molar-refractivity contribution < 1.29 is 21.8 Å². The molecule has 0 aliphatic heterocycles. The van der Waals surface area contributed by atoms with Gasteiger partial charge in [-0.15, -0.1) is 0 Å². The van der Waals surface area contributed by atoms with Gasteiger partial charge in [0.15, 0.2) is 0 Å². The van der Waals surface area contributed by atoms with Gasteiger partial charge < -0.3 is 0 Å². The lowest BCUT2D eigenvalue weighted by Gasteiger charge is -2.26. The molecule has 2 atom stereocenters. The summed E-state index contributed by atoms with van der Waals surface area (Å²) in [6.07, 6.45) is -4.62. The Bertz CT molecular complexity index is 508. The molecular formula is C13H17F4NOS. The molecule has 2 unspecified atom stereocenters. The van der Waals surface area contributed by atoms with E-state index in [4.69, 9.17) is 0 Å². The molecule has 0 saturated heterocycles. The van der Waals surface area contributed by atoms with Gasteiger partial charge >= 0.3 is 6.18 Å². The Hall–Kier alpha value is -0.950. The molecule has 0 amide bonds. The molecule has 0 heterocycles. The average Bonchev–Trinajstić information content (AvgIpc) is 2.26. The second kappa shape index (κ2) is 5.81.